The highest BCUT2D eigenvalue weighted by Crippen LogP contribution is 2.07. The summed E-state index contributed by atoms with van der Waals surface area (Å²) in [6, 6.07) is 12.9. The molecular formula is C27H37N7O6. The zero-order chi connectivity index (χ0) is 29.5. The second-order valence-corrected chi connectivity index (χ2v) is 9.14. The van der Waals surface area contributed by atoms with Gasteiger partial charge in [-0.1, -0.05) is 60.7 Å². The van der Waals surface area contributed by atoms with Crippen LogP contribution in [0.1, 0.15) is 24.0 Å². The van der Waals surface area contributed by atoms with Crippen LogP contribution >= 0.6 is 0 Å². The van der Waals surface area contributed by atoms with Gasteiger partial charge in [-0.15, -0.1) is 0 Å². The van der Waals surface area contributed by atoms with Crippen molar-refractivity contribution >= 4 is 29.7 Å². The lowest BCUT2D eigenvalue weighted by molar-refractivity contribution is -0.142. The number of amides is 3. The summed E-state index contributed by atoms with van der Waals surface area (Å²) in [5, 5.41) is 26.8. The molecule has 0 aliphatic carbocycles. The summed E-state index contributed by atoms with van der Waals surface area (Å²) in [5.74, 6) is -3.67. The number of guanidine groups is 1. The second kappa shape index (κ2) is 16.5. The Kier molecular flexibility index (Phi) is 13.1. The summed E-state index contributed by atoms with van der Waals surface area (Å²) in [5.41, 5.74) is 18.2. The van der Waals surface area contributed by atoms with Crippen LogP contribution in [0.5, 0.6) is 0 Å². The molecule has 216 valence electrons. The number of carboxylic acid groups (broad SMARTS) is 1. The molecular weight excluding hydrogens is 518 g/mol. The van der Waals surface area contributed by atoms with E-state index in [-0.39, 0.29) is 38.2 Å². The van der Waals surface area contributed by atoms with Crippen molar-refractivity contribution in [3.63, 3.8) is 0 Å². The number of rotatable bonds is 16. The first kappa shape index (κ1) is 31.7. The molecule has 0 fully saturated rings. The summed E-state index contributed by atoms with van der Waals surface area (Å²) >= 11 is 0. The Morgan fingerprint density at radius 2 is 1.25 bits per heavy atom. The van der Waals surface area contributed by atoms with E-state index in [1.165, 1.54) is 0 Å². The number of aliphatic imine (C=N–C) groups is 1. The number of hydrogen-bond donors (Lipinski definition) is 8. The van der Waals surface area contributed by atoms with Gasteiger partial charge in [0.1, 0.15) is 18.1 Å². The fraction of sp³-hybridized carbons (Fsp3) is 0.370. The van der Waals surface area contributed by atoms with Crippen LogP contribution in [0.3, 0.4) is 0 Å². The summed E-state index contributed by atoms with van der Waals surface area (Å²) in [4.78, 5) is 54.4. The van der Waals surface area contributed by atoms with Crippen LogP contribution in [-0.4, -0.2) is 77.2 Å². The Morgan fingerprint density at radius 1 is 0.750 bits per heavy atom. The van der Waals surface area contributed by atoms with Gasteiger partial charge in [-0.2, -0.15) is 0 Å². The summed E-state index contributed by atoms with van der Waals surface area (Å²) in [6.07, 6.45) is 0.544. The molecule has 3 amide bonds. The molecule has 4 unspecified atom stereocenters. The van der Waals surface area contributed by atoms with Crippen LogP contribution < -0.4 is 33.2 Å². The molecule has 13 heteroatoms. The number of carbonyl (C=O) groups is 4. The minimum atomic E-state index is -1.40. The van der Waals surface area contributed by atoms with E-state index in [1.807, 2.05) is 6.07 Å². The van der Waals surface area contributed by atoms with Crippen LogP contribution in [0.25, 0.3) is 0 Å². The van der Waals surface area contributed by atoms with Gasteiger partial charge in [-0.25, -0.2) is 4.79 Å². The van der Waals surface area contributed by atoms with E-state index in [4.69, 9.17) is 17.2 Å². The van der Waals surface area contributed by atoms with E-state index in [9.17, 15) is 29.4 Å². The molecule has 40 heavy (non-hydrogen) atoms. The highest BCUT2D eigenvalue weighted by molar-refractivity contribution is 5.94. The summed E-state index contributed by atoms with van der Waals surface area (Å²) in [6.45, 7) is -0.605. The number of nitrogens with zero attached hydrogens (tertiary/aromatic N) is 1. The molecule has 0 aliphatic rings. The zero-order valence-electron chi connectivity index (χ0n) is 22.0. The SMILES string of the molecule is NC(N)=NCCCC(NC(=O)C(CO)NC(=O)C(N)Cc1ccccc1)C(=O)NC(Cc1ccccc1)C(=O)O. The van der Waals surface area contributed by atoms with E-state index in [2.05, 4.69) is 20.9 Å². The van der Waals surface area contributed by atoms with Gasteiger partial charge in [-0.05, 0) is 30.4 Å². The molecule has 13 nitrogen and oxygen atoms in total. The maximum atomic E-state index is 13.1. The van der Waals surface area contributed by atoms with Crippen molar-refractivity contribution in [2.45, 2.75) is 49.9 Å². The molecule has 0 saturated heterocycles. The van der Waals surface area contributed by atoms with Crippen molar-refractivity contribution in [3.05, 3.63) is 71.8 Å². The molecule has 0 heterocycles. The quantitative estimate of drug-likeness (QED) is 0.0674. The summed E-state index contributed by atoms with van der Waals surface area (Å²) < 4.78 is 0. The highest BCUT2D eigenvalue weighted by atomic mass is 16.4. The van der Waals surface area contributed by atoms with Gasteiger partial charge in [-0.3, -0.25) is 19.4 Å². The van der Waals surface area contributed by atoms with E-state index >= 15 is 0 Å². The van der Waals surface area contributed by atoms with E-state index in [0.29, 0.717) is 5.56 Å². The van der Waals surface area contributed by atoms with Gasteiger partial charge < -0.3 is 43.4 Å². The molecule has 0 spiro atoms. The molecule has 2 aromatic rings. The Labute approximate surface area is 232 Å². The van der Waals surface area contributed by atoms with Gasteiger partial charge in [0, 0.05) is 13.0 Å². The lowest BCUT2D eigenvalue weighted by atomic mass is 10.0. The van der Waals surface area contributed by atoms with Gasteiger partial charge in [0.05, 0.1) is 12.6 Å². The Bertz CT molecular complexity index is 1140. The molecule has 0 aliphatic heterocycles. The maximum Gasteiger partial charge on any atom is 0.326 e. The fourth-order valence-corrected chi connectivity index (χ4v) is 3.80. The van der Waals surface area contributed by atoms with Crippen molar-refractivity contribution in [1.29, 1.82) is 0 Å². The van der Waals surface area contributed by atoms with E-state index in [1.54, 1.807) is 54.6 Å². The first-order valence-electron chi connectivity index (χ1n) is 12.7. The smallest absolute Gasteiger partial charge is 0.326 e. The fourth-order valence-electron chi connectivity index (χ4n) is 3.80. The zero-order valence-corrected chi connectivity index (χ0v) is 22.0. The molecule has 2 rings (SSSR count). The Morgan fingerprint density at radius 3 is 1.77 bits per heavy atom. The molecule has 4 atom stereocenters. The van der Waals surface area contributed by atoms with Gasteiger partial charge in [0.2, 0.25) is 17.7 Å². The number of aliphatic carboxylic acids is 1. The number of carbonyl (C=O) groups excluding carboxylic acids is 3. The van der Waals surface area contributed by atoms with Crippen LogP contribution in [-0.2, 0) is 32.0 Å². The molecule has 0 saturated carbocycles. The van der Waals surface area contributed by atoms with Crippen molar-refractivity contribution in [1.82, 2.24) is 16.0 Å². The number of nitrogens with two attached hydrogens (primary N) is 3. The third-order valence-corrected chi connectivity index (χ3v) is 5.93. The Hall–Kier alpha value is -4.49. The molecule has 0 bridgehead atoms. The summed E-state index contributed by atoms with van der Waals surface area (Å²) in [7, 11) is 0. The molecule has 0 radical (unpaired) electrons. The monoisotopic (exact) mass is 555 g/mol. The third-order valence-electron chi connectivity index (χ3n) is 5.93. The molecule has 2 aromatic carbocycles. The average molecular weight is 556 g/mol. The van der Waals surface area contributed by atoms with Crippen LogP contribution in [0.4, 0.5) is 0 Å². The number of hydrogen-bond acceptors (Lipinski definition) is 7. The third kappa shape index (κ3) is 11.1. The number of aliphatic hydroxyl groups is 1. The molecule has 0 aromatic heterocycles. The Balaban J connectivity index is 2.09. The number of benzene rings is 2. The predicted molar refractivity (Wildman–Crippen MR) is 149 cm³/mol. The number of aliphatic hydroxyl groups excluding tert-OH is 1. The van der Waals surface area contributed by atoms with Crippen molar-refractivity contribution < 1.29 is 29.4 Å². The van der Waals surface area contributed by atoms with Crippen LogP contribution in [0.2, 0.25) is 0 Å². The van der Waals surface area contributed by atoms with Crippen LogP contribution in [0, 0.1) is 0 Å². The van der Waals surface area contributed by atoms with Crippen molar-refractivity contribution in [2.24, 2.45) is 22.2 Å². The average Bonchev–Trinajstić information content (AvgIpc) is 2.93. The lowest BCUT2D eigenvalue weighted by Crippen LogP contribution is -2.58. The molecule has 11 N–H and O–H groups in total. The predicted octanol–water partition coefficient (Wildman–Crippen LogP) is -1.62. The first-order valence-corrected chi connectivity index (χ1v) is 12.7. The number of carboxylic acids is 1. The van der Waals surface area contributed by atoms with Crippen molar-refractivity contribution in [3.8, 4) is 0 Å². The largest absolute Gasteiger partial charge is 0.480 e. The van der Waals surface area contributed by atoms with E-state index < -0.39 is 54.5 Å². The van der Waals surface area contributed by atoms with Gasteiger partial charge in [0.15, 0.2) is 5.96 Å². The van der Waals surface area contributed by atoms with E-state index in [0.717, 1.165) is 5.56 Å². The highest BCUT2D eigenvalue weighted by Gasteiger charge is 2.30. The minimum absolute atomic E-state index is 0.0191. The minimum Gasteiger partial charge on any atom is -0.480 e. The van der Waals surface area contributed by atoms with Crippen LogP contribution in [0.15, 0.2) is 65.7 Å². The number of nitrogens with one attached hydrogen (secondary N) is 3. The van der Waals surface area contributed by atoms with Gasteiger partial charge in [0.25, 0.3) is 0 Å². The topological polar surface area (TPSA) is 235 Å². The normalized spacial score (nSPS) is 13.7. The lowest BCUT2D eigenvalue weighted by Gasteiger charge is -2.24. The maximum absolute atomic E-state index is 13.1. The second-order valence-electron chi connectivity index (χ2n) is 9.14. The first-order chi connectivity index (χ1) is 19.1. The standard InChI is InChI=1S/C27H37N7O6/c28-19(14-17-8-3-1-4-9-17)23(36)34-22(16-35)25(38)32-20(12-7-13-31-27(29)30)24(37)33-21(26(39)40)15-18-10-5-2-6-11-18/h1-6,8-11,19-22,35H,7,12-16,28H2,(H,32,38)(H,33,37)(H,34,36)(H,39,40)(H4,29,30,31). The van der Waals surface area contributed by atoms with Gasteiger partial charge >= 0.3 is 5.97 Å². The van der Waals surface area contributed by atoms with Crippen molar-refractivity contribution in [2.75, 3.05) is 13.2 Å².